The number of carbonyl (C=O) groups excluding carboxylic acids is 1. The van der Waals surface area contributed by atoms with Crippen molar-refractivity contribution in [3.63, 3.8) is 0 Å². The predicted molar refractivity (Wildman–Crippen MR) is 141 cm³/mol. The Morgan fingerprint density at radius 3 is 2.63 bits per heavy atom. The highest BCUT2D eigenvalue weighted by atomic mass is 79.9. The average Bonchev–Trinajstić information content (AvgIpc) is 3.37. The van der Waals surface area contributed by atoms with Crippen LogP contribution < -0.4 is 20.2 Å². The Morgan fingerprint density at radius 1 is 1.11 bits per heavy atom. The zero-order valence-corrected chi connectivity index (χ0v) is 21.7. The van der Waals surface area contributed by atoms with Crippen molar-refractivity contribution in [2.45, 2.75) is 26.8 Å². The first-order valence-corrected chi connectivity index (χ1v) is 12.6. The number of aromatic nitrogens is 1. The van der Waals surface area contributed by atoms with Crippen LogP contribution in [0.1, 0.15) is 35.6 Å². The van der Waals surface area contributed by atoms with Crippen molar-refractivity contribution < 1.29 is 9.21 Å². The normalized spacial score (nSPS) is 15.7. The maximum atomic E-state index is 13.7. The van der Waals surface area contributed by atoms with E-state index in [0.29, 0.717) is 37.8 Å². The van der Waals surface area contributed by atoms with Gasteiger partial charge in [-0.25, -0.2) is 4.99 Å². The number of nitrogens with one attached hydrogen (secondary N) is 1. The lowest BCUT2D eigenvalue weighted by Crippen LogP contribution is -2.40. The molecule has 1 atom stereocenters. The SMILES string of the molecule is CC1=C(C(=O)Nc2ccccc2C)C(c2ccc(C)o2)n2c(sc(=Cc3cccc(Br)c3)c2=O)=N1. The van der Waals surface area contributed by atoms with E-state index in [-0.39, 0.29) is 11.5 Å². The zero-order valence-electron chi connectivity index (χ0n) is 19.3. The highest BCUT2D eigenvalue weighted by Crippen LogP contribution is 2.32. The number of rotatable bonds is 4. The smallest absolute Gasteiger partial charge is 0.271 e. The van der Waals surface area contributed by atoms with Gasteiger partial charge >= 0.3 is 0 Å². The molecule has 1 N–H and O–H groups in total. The van der Waals surface area contributed by atoms with E-state index in [1.807, 2.05) is 80.6 Å². The maximum absolute atomic E-state index is 13.7. The van der Waals surface area contributed by atoms with Crippen LogP contribution in [0.25, 0.3) is 6.08 Å². The van der Waals surface area contributed by atoms with Crippen LogP contribution in [0.3, 0.4) is 0 Å². The number of amides is 1. The minimum Gasteiger partial charge on any atom is -0.464 e. The Labute approximate surface area is 214 Å². The lowest BCUT2D eigenvalue weighted by molar-refractivity contribution is -0.113. The van der Waals surface area contributed by atoms with Gasteiger partial charge in [-0.15, -0.1) is 0 Å². The van der Waals surface area contributed by atoms with Gasteiger partial charge in [-0.3, -0.25) is 14.2 Å². The minimum absolute atomic E-state index is 0.221. The summed E-state index contributed by atoms with van der Waals surface area (Å²) in [5, 5.41) is 3.00. The van der Waals surface area contributed by atoms with Crippen molar-refractivity contribution in [3.05, 3.63) is 119 Å². The number of allylic oxidation sites excluding steroid dienone is 1. The molecule has 6 nitrogen and oxygen atoms in total. The zero-order chi connectivity index (χ0) is 24.7. The first kappa shape index (κ1) is 23.3. The van der Waals surface area contributed by atoms with Crippen LogP contribution in [0, 0.1) is 13.8 Å². The number of halogens is 1. The van der Waals surface area contributed by atoms with Crippen molar-refractivity contribution in [1.82, 2.24) is 4.57 Å². The van der Waals surface area contributed by atoms with Crippen LogP contribution >= 0.6 is 27.3 Å². The summed E-state index contributed by atoms with van der Waals surface area (Å²) in [6.45, 7) is 5.56. The topological polar surface area (TPSA) is 76.6 Å². The number of benzene rings is 2. The van der Waals surface area contributed by atoms with Gasteiger partial charge in [0.2, 0.25) is 0 Å². The first-order valence-electron chi connectivity index (χ1n) is 11.0. The third kappa shape index (κ3) is 4.47. The van der Waals surface area contributed by atoms with Gasteiger partial charge in [0.05, 0.1) is 15.8 Å². The molecule has 0 saturated heterocycles. The monoisotopic (exact) mass is 547 g/mol. The van der Waals surface area contributed by atoms with Gasteiger partial charge in [0, 0.05) is 10.2 Å². The Balaban J connectivity index is 1.67. The van der Waals surface area contributed by atoms with E-state index in [1.165, 1.54) is 11.3 Å². The molecule has 176 valence electrons. The number of carbonyl (C=O) groups is 1. The molecule has 8 heteroatoms. The molecule has 4 aromatic rings. The van der Waals surface area contributed by atoms with E-state index >= 15 is 0 Å². The first-order chi connectivity index (χ1) is 16.8. The van der Waals surface area contributed by atoms with E-state index in [9.17, 15) is 9.59 Å². The fourth-order valence-corrected chi connectivity index (χ4v) is 5.60. The maximum Gasteiger partial charge on any atom is 0.271 e. The van der Waals surface area contributed by atoms with Crippen LogP contribution in [-0.2, 0) is 4.79 Å². The Kier molecular flexibility index (Phi) is 6.17. The number of nitrogens with zero attached hydrogens (tertiary/aromatic N) is 2. The molecule has 1 aliphatic heterocycles. The largest absolute Gasteiger partial charge is 0.464 e. The molecule has 3 heterocycles. The molecule has 1 unspecified atom stereocenters. The summed E-state index contributed by atoms with van der Waals surface area (Å²) in [6.07, 6.45) is 1.84. The van der Waals surface area contributed by atoms with Crippen molar-refractivity contribution in [1.29, 1.82) is 0 Å². The number of hydrogen-bond acceptors (Lipinski definition) is 5. The molecule has 0 bridgehead atoms. The third-order valence-electron chi connectivity index (χ3n) is 5.84. The van der Waals surface area contributed by atoms with E-state index in [4.69, 9.17) is 4.42 Å². The van der Waals surface area contributed by atoms with Crippen molar-refractivity contribution >= 4 is 44.9 Å². The summed E-state index contributed by atoms with van der Waals surface area (Å²) in [7, 11) is 0. The van der Waals surface area contributed by atoms with Crippen LogP contribution in [-0.4, -0.2) is 10.5 Å². The Morgan fingerprint density at radius 2 is 1.91 bits per heavy atom. The molecule has 0 spiro atoms. The highest BCUT2D eigenvalue weighted by Gasteiger charge is 2.34. The number of para-hydroxylation sites is 1. The summed E-state index contributed by atoms with van der Waals surface area (Å²) in [6, 6.07) is 18.2. The number of thiazole rings is 1. The lowest BCUT2D eigenvalue weighted by Gasteiger charge is -2.23. The van der Waals surface area contributed by atoms with E-state index < -0.39 is 6.04 Å². The highest BCUT2D eigenvalue weighted by molar-refractivity contribution is 9.10. The van der Waals surface area contributed by atoms with Gasteiger partial charge in [-0.05, 0) is 68.3 Å². The van der Waals surface area contributed by atoms with Crippen molar-refractivity contribution in [3.8, 4) is 0 Å². The standard InChI is InChI=1S/C27H22BrN3O3S/c1-15-7-4-5-10-20(15)30-25(32)23-17(3)29-27-31(24(23)21-12-11-16(2)34-21)26(33)22(35-27)14-18-8-6-9-19(28)13-18/h4-14,24H,1-3H3,(H,30,32). The second-order valence-corrected chi connectivity index (χ2v) is 10.3. The number of hydrogen-bond donors (Lipinski definition) is 1. The Hall–Kier alpha value is -3.49. The van der Waals surface area contributed by atoms with Crippen molar-refractivity contribution in [2.24, 2.45) is 4.99 Å². The molecule has 1 aliphatic rings. The van der Waals surface area contributed by atoms with Crippen LogP contribution in [0.4, 0.5) is 5.69 Å². The lowest BCUT2D eigenvalue weighted by atomic mass is 10.00. The van der Waals surface area contributed by atoms with Gasteiger partial charge in [0.25, 0.3) is 11.5 Å². The molecule has 2 aromatic heterocycles. The van der Waals surface area contributed by atoms with Gasteiger partial charge in [-0.2, -0.15) is 0 Å². The second kappa shape index (κ2) is 9.28. The fourth-order valence-electron chi connectivity index (χ4n) is 4.13. The molecule has 0 fully saturated rings. The number of anilines is 1. The van der Waals surface area contributed by atoms with Gasteiger partial charge in [0.15, 0.2) is 4.80 Å². The van der Waals surface area contributed by atoms with Crippen LogP contribution in [0.15, 0.2) is 90.6 Å². The van der Waals surface area contributed by atoms with Gasteiger partial charge < -0.3 is 9.73 Å². The van der Waals surface area contributed by atoms with Gasteiger partial charge in [-0.1, -0.05) is 57.6 Å². The summed E-state index contributed by atoms with van der Waals surface area (Å²) in [5.41, 5.74) is 3.25. The predicted octanol–water partition coefficient (Wildman–Crippen LogP) is 4.85. The molecule has 5 rings (SSSR count). The molecular weight excluding hydrogens is 526 g/mol. The molecular formula is C27H22BrN3O3S. The number of fused-ring (bicyclic) bond motifs is 1. The van der Waals surface area contributed by atoms with Crippen LogP contribution in [0.5, 0.6) is 0 Å². The number of aryl methyl sites for hydroxylation is 2. The number of furan rings is 1. The minimum atomic E-state index is -0.728. The molecule has 1 amide bonds. The molecule has 0 radical (unpaired) electrons. The van der Waals surface area contributed by atoms with E-state index in [0.717, 1.165) is 15.6 Å². The van der Waals surface area contributed by atoms with E-state index in [1.54, 1.807) is 11.5 Å². The fraction of sp³-hybridized carbons (Fsp3) is 0.148. The molecule has 0 aliphatic carbocycles. The Bertz CT molecular complexity index is 1680. The molecule has 35 heavy (non-hydrogen) atoms. The van der Waals surface area contributed by atoms with Crippen LogP contribution in [0.2, 0.25) is 0 Å². The summed E-state index contributed by atoms with van der Waals surface area (Å²) < 4.78 is 8.97. The van der Waals surface area contributed by atoms with Gasteiger partial charge in [0.1, 0.15) is 17.6 Å². The summed E-state index contributed by atoms with van der Waals surface area (Å²) >= 11 is 4.77. The molecule has 0 saturated carbocycles. The third-order valence-corrected chi connectivity index (χ3v) is 7.31. The quantitative estimate of drug-likeness (QED) is 0.397. The summed E-state index contributed by atoms with van der Waals surface area (Å²) in [4.78, 5) is 32.4. The second-order valence-electron chi connectivity index (χ2n) is 8.35. The van der Waals surface area contributed by atoms with E-state index in [2.05, 4.69) is 26.2 Å². The average molecular weight is 548 g/mol. The van der Waals surface area contributed by atoms with Crippen molar-refractivity contribution in [2.75, 3.05) is 5.32 Å². The summed E-state index contributed by atoms with van der Waals surface area (Å²) in [5.74, 6) is 0.896. The molecule has 2 aromatic carbocycles.